The van der Waals surface area contributed by atoms with Gasteiger partial charge in [0.05, 0.1) is 19.3 Å². The van der Waals surface area contributed by atoms with Gasteiger partial charge in [0.25, 0.3) is 5.97 Å². The van der Waals surface area contributed by atoms with Gasteiger partial charge in [-0.1, -0.05) is 0 Å². The SMILES string of the molecule is CCOP(=O)(OCC(N)CC(O)(O)O)OC(C)C. The highest BCUT2D eigenvalue weighted by molar-refractivity contribution is 7.48. The van der Waals surface area contributed by atoms with Crippen molar-refractivity contribution < 1.29 is 33.5 Å². The van der Waals surface area contributed by atoms with Crippen molar-refractivity contribution in [1.29, 1.82) is 0 Å². The number of phosphoric ester groups is 1. The zero-order chi connectivity index (χ0) is 14.4. The standard InChI is InChI=1S/C9H22NO7P/c1-4-15-18(14,17-7(2)3)16-6-8(10)5-9(11,12)13/h7-8,11-13H,4-6,10H2,1-3H3. The lowest BCUT2D eigenvalue weighted by Gasteiger charge is -2.23. The molecule has 0 rings (SSSR count). The van der Waals surface area contributed by atoms with Crippen LogP contribution in [0, 0.1) is 0 Å². The highest BCUT2D eigenvalue weighted by Gasteiger charge is 2.30. The van der Waals surface area contributed by atoms with Gasteiger partial charge in [-0.3, -0.25) is 13.6 Å². The second-order valence-electron chi connectivity index (χ2n) is 4.05. The van der Waals surface area contributed by atoms with Gasteiger partial charge >= 0.3 is 7.82 Å². The summed E-state index contributed by atoms with van der Waals surface area (Å²) in [5.74, 6) is -2.89. The van der Waals surface area contributed by atoms with E-state index in [9.17, 15) is 4.57 Å². The van der Waals surface area contributed by atoms with Gasteiger partial charge in [-0.2, -0.15) is 0 Å². The minimum atomic E-state index is -3.72. The summed E-state index contributed by atoms with van der Waals surface area (Å²) in [6.07, 6.45) is -0.924. The van der Waals surface area contributed by atoms with E-state index in [-0.39, 0.29) is 19.3 Å². The molecule has 9 heteroatoms. The Morgan fingerprint density at radius 1 is 1.28 bits per heavy atom. The molecule has 2 atom stereocenters. The minimum Gasteiger partial charge on any atom is -0.344 e. The number of aliphatic hydroxyl groups is 3. The fourth-order valence-electron chi connectivity index (χ4n) is 1.11. The largest absolute Gasteiger partial charge is 0.475 e. The van der Waals surface area contributed by atoms with Gasteiger partial charge in [0, 0.05) is 12.5 Å². The summed E-state index contributed by atoms with van der Waals surface area (Å²) >= 11 is 0. The molecule has 0 aliphatic heterocycles. The second kappa shape index (κ2) is 7.52. The summed E-state index contributed by atoms with van der Waals surface area (Å²) in [5.41, 5.74) is 5.46. The van der Waals surface area contributed by atoms with Crippen LogP contribution in [0.1, 0.15) is 27.2 Å². The minimum absolute atomic E-state index is 0.128. The highest BCUT2D eigenvalue weighted by Crippen LogP contribution is 2.50. The first-order chi connectivity index (χ1) is 8.08. The van der Waals surface area contributed by atoms with E-state index in [1.807, 2.05) is 0 Å². The molecule has 0 spiro atoms. The third kappa shape index (κ3) is 8.96. The van der Waals surface area contributed by atoms with Gasteiger partial charge in [0.1, 0.15) is 0 Å². The lowest BCUT2D eigenvalue weighted by atomic mass is 10.2. The maximum absolute atomic E-state index is 12.0. The van der Waals surface area contributed by atoms with Crippen LogP contribution < -0.4 is 5.73 Å². The molecule has 0 bridgehead atoms. The molecular formula is C9H22NO7P. The Balaban J connectivity index is 4.31. The quantitative estimate of drug-likeness (QED) is 0.342. The molecule has 0 fully saturated rings. The number of nitrogens with two attached hydrogens (primary N) is 1. The molecule has 5 N–H and O–H groups in total. The number of rotatable bonds is 9. The molecule has 110 valence electrons. The normalized spacial score (nSPS) is 17.8. The molecule has 0 radical (unpaired) electrons. The first-order valence-electron chi connectivity index (χ1n) is 5.58. The molecule has 0 aromatic rings. The summed E-state index contributed by atoms with van der Waals surface area (Å²) in [5, 5.41) is 26.1. The van der Waals surface area contributed by atoms with Crippen molar-refractivity contribution in [3.63, 3.8) is 0 Å². The lowest BCUT2D eigenvalue weighted by molar-refractivity contribution is -0.316. The van der Waals surface area contributed by atoms with Gasteiger partial charge in [0.15, 0.2) is 0 Å². The van der Waals surface area contributed by atoms with Crippen molar-refractivity contribution in [2.24, 2.45) is 5.73 Å². The molecule has 0 aliphatic carbocycles. The second-order valence-corrected chi connectivity index (χ2v) is 5.68. The molecular weight excluding hydrogens is 265 g/mol. The molecule has 0 aromatic carbocycles. The predicted octanol–water partition coefficient (Wildman–Crippen LogP) is -0.0793. The maximum Gasteiger partial charge on any atom is 0.475 e. The Kier molecular flexibility index (Phi) is 7.50. The van der Waals surface area contributed by atoms with Crippen molar-refractivity contribution in [1.82, 2.24) is 0 Å². The summed E-state index contributed by atoms with van der Waals surface area (Å²) in [6, 6.07) is -0.936. The van der Waals surface area contributed by atoms with Gasteiger partial charge < -0.3 is 21.1 Å². The van der Waals surface area contributed by atoms with E-state index in [2.05, 4.69) is 0 Å². The predicted molar refractivity (Wildman–Crippen MR) is 63.4 cm³/mol. The third-order valence-corrected chi connectivity index (χ3v) is 3.33. The Morgan fingerprint density at radius 2 is 1.83 bits per heavy atom. The van der Waals surface area contributed by atoms with Crippen LogP contribution in [0.3, 0.4) is 0 Å². The molecule has 0 heterocycles. The third-order valence-electron chi connectivity index (χ3n) is 1.61. The summed E-state index contributed by atoms with van der Waals surface area (Å²) < 4.78 is 26.8. The zero-order valence-corrected chi connectivity index (χ0v) is 11.7. The van der Waals surface area contributed by atoms with Crippen LogP contribution in [0.2, 0.25) is 0 Å². The lowest BCUT2D eigenvalue weighted by Crippen LogP contribution is -2.39. The monoisotopic (exact) mass is 287 g/mol. The van der Waals surface area contributed by atoms with E-state index in [1.54, 1.807) is 20.8 Å². The molecule has 8 nitrogen and oxygen atoms in total. The van der Waals surface area contributed by atoms with Crippen molar-refractivity contribution in [2.75, 3.05) is 13.2 Å². The van der Waals surface area contributed by atoms with Crippen molar-refractivity contribution in [2.45, 2.75) is 45.3 Å². The van der Waals surface area contributed by atoms with Gasteiger partial charge in [-0.05, 0) is 20.8 Å². The van der Waals surface area contributed by atoms with E-state index in [0.29, 0.717) is 0 Å². The molecule has 0 saturated heterocycles. The van der Waals surface area contributed by atoms with Crippen LogP contribution >= 0.6 is 7.82 Å². The van der Waals surface area contributed by atoms with E-state index >= 15 is 0 Å². The van der Waals surface area contributed by atoms with Crippen LogP contribution in [0.25, 0.3) is 0 Å². The first kappa shape index (κ1) is 17.9. The Morgan fingerprint density at radius 3 is 2.22 bits per heavy atom. The molecule has 2 unspecified atom stereocenters. The average Bonchev–Trinajstić information content (AvgIpc) is 2.11. The van der Waals surface area contributed by atoms with Crippen LogP contribution in [0.5, 0.6) is 0 Å². The smallest absolute Gasteiger partial charge is 0.344 e. The molecule has 18 heavy (non-hydrogen) atoms. The molecule has 0 aliphatic rings. The van der Waals surface area contributed by atoms with Crippen molar-refractivity contribution in [3.05, 3.63) is 0 Å². The molecule has 0 saturated carbocycles. The van der Waals surface area contributed by atoms with Crippen LogP contribution in [-0.2, 0) is 18.1 Å². The Labute approximate surface area is 106 Å². The molecule has 0 amide bonds. The number of hydrogen-bond acceptors (Lipinski definition) is 8. The first-order valence-corrected chi connectivity index (χ1v) is 7.04. The topological polar surface area (TPSA) is 131 Å². The fourth-order valence-corrected chi connectivity index (χ4v) is 2.52. The maximum atomic E-state index is 12.0. The number of phosphoric acid groups is 1. The summed E-state index contributed by atoms with van der Waals surface area (Å²) in [4.78, 5) is 0. The van der Waals surface area contributed by atoms with E-state index in [4.69, 9.17) is 34.6 Å². The van der Waals surface area contributed by atoms with Gasteiger partial charge in [0.2, 0.25) is 0 Å². The molecule has 0 aromatic heterocycles. The Hall–Kier alpha value is -0.0500. The summed E-state index contributed by atoms with van der Waals surface area (Å²) in [6.45, 7) is 4.76. The number of hydrogen-bond donors (Lipinski definition) is 4. The Bertz CT molecular complexity index is 279. The van der Waals surface area contributed by atoms with Gasteiger partial charge in [-0.25, -0.2) is 4.57 Å². The van der Waals surface area contributed by atoms with E-state index in [0.717, 1.165) is 0 Å². The van der Waals surface area contributed by atoms with Crippen LogP contribution in [-0.4, -0.2) is 46.7 Å². The van der Waals surface area contributed by atoms with Crippen molar-refractivity contribution >= 4 is 7.82 Å². The fraction of sp³-hybridized carbons (Fsp3) is 1.00. The highest BCUT2D eigenvalue weighted by atomic mass is 31.2. The van der Waals surface area contributed by atoms with E-state index in [1.165, 1.54) is 0 Å². The van der Waals surface area contributed by atoms with Crippen molar-refractivity contribution in [3.8, 4) is 0 Å². The van der Waals surface area contributed by atoms with Crippen LogP contribution in [0.4, 0.5) is 0 Å². The average molecular weight is 287 g/mol. The van der Waals surface area contributed by atoms with Crippen LogP contribution in [0.15, 0.2) is 0 Å². The van der Waals surface area contributed by atoms with E-state index < -0.39 is 26.3 Å². The summed E-state index contributed by atoms with van der Waals surface area (Å²) in [7, 11) is -3.72. The zero-order valence-electron chi connectivity index (χ0n) is 10.8. The van der Waals surface area contributed by atoms with Gasteiger partial charge in [-0.15, -0.1) is 0 Å².